The van der Waals surface area contributed by atoms with Crippen molar-refractivity contribution in [1.82, 2.24) is 20.2 Å². The molecule has 138 valence electrons. The molecule has 2 aliphatic heterocycles. The van der Waals surface area contributed by atoms with Crippen LogP contribution in [0.3, 0.4) is 0 Å². The summed E-state index contributed by atoms with van der Waals surface area (Å²) < 4.78 is 11.0. The predicted molar refractivity (Wildman–Crippen MR) is 99.4 cm³/mol. The van der Waals surface area contributed by atoms with Crippen molar-refractivity contribution in [3.63, 3.8) is 0 Å². The second kappa shape index (κ2) is 7.60. The molecule has 1 saturated heterocycles. The van der Waals surface area contributed by atoms with Gasteiger partial charge in [-0.1, -0.05) is 12.1 Å². The lowest BCUT2D eigenvalue weighted by Gasteiger charge is -2.29. The molecule has 1 aromatic carbocycles. The Morgan fingerprint density at radius 1 is 1.27 bits per heavy atom. The Labute approximate surface area is 154 Å². The average molecular weight is 354 g/mol. The smallest absolute Gasteiger partial charge is 0.165 e. The van der Waals surface area contributed by atoms with Crippen molar-refractivity contribution in [1.29, 1.82) is 0 Å². The summed E-state index contributed by atoms with van der Waals surface area (Å²) in [4.78, 5) is 11.9. The Bertz CT molecular complexity index is 774. The Balaban J connectivity index is 1.49. The van der Waals surface area contributed by atoms with E-state index in [-0.39, 0.29) is 0 Å². The topological polar surface area (TPSA) is 59.5 Å². The zero-order valence-corrected chi connectivity index (χ0v) is 15.5. The van der Waals surface area contributed by atoms with Gasteiger partial charge in [0.25, 0.3) is 0 Å². The fourth-order valence-corrected chi connectivity index (χ4v) is 3.92. The van der Waals surface area contributed by atoms with Gasteiger partial charge in [0.2, 0.25) is 0 Å². The second-order valence-corrected chi connectivity index (χ2v) is 6.96. The van der Waals surface area contributed by atoms with Gasteiger partial charge in [-0.2, -0.15) is 0 Å². The molecule has 0 amide bonds. The Kier molecular flexibility index (Phi) is 5.04. The zero-order chi connectivity index (χ0) is 17.9. The average Bonchev–Trinajstić information content (AvgIpc) is 3.22. The third kappa shape index (κ3) is 3.39. The van der Waals surface area contributed by atoms with Gasteiger partial charge in [0.05, 0.1) is 20.3 Å². The van der Waals surface area contributed by atoms with E-state index >= 15 is 0 Å². The molecule has 3 heterocycles. The number of nitrogens with zero attached hydrogens (tertiary/aromatic N) is 3. The number of rotatable bonds is 5. The molecule has 26 heavy (non-hydrogen) atoms. The highest BCUT2D eigenvalue weighted by atomic mass is 16.5. The number of nitrogens with one attached hydrogen (secondary N) is 1. The van der Waals surface area contributed by atoms with Gasteiger partial charge in [0, 0.05) is 49.1 Å². The zero-order valence-electron chi connectivity index (χ0n) is 15.5. The Morgan fingerprint density at radius 2 is 2.19 bits per heavy atom. The van der Waals surface area contributed by atoms with E-state index in [1.165, 1.54) is 17.7 Å². The summed E-state index contributed by atoms with van der Waals surface area (Å²) in [7, 11) is 3.37. The minimum absolute atomic E-state index is 0.333. The summed E-state index contributed by atoms with van der Waals surface area (Å²) in [5.41, 5.74) is 3.58. The molecule has 6 heteroatoms. The summed E-state index contributed by atoms with van der Waals surface area (Å²) in [6.07, 6.45) is 5.33. The highest BCUT2D eigenvalue weighted by Gasteiger charge is 2.24. The molecule has 6 nitrogen and oxygen atoms in total. The van der Waals surface area contributed by atoms with Crippen LogP contribution >= 0.6 is 0 Å². The number of fused-ring (bicyclic) bond motifs is 1. The van der Waals surface area contributed by atoms with Gasteiger partial charge in [0.15, 0.2) is 11.5 Å². The Hall–Kier alpha value is -2.18. The highest BCUT2D eigenvalue weighted by molar-refractivity contribution is 5.46. The molecular weight excluding hydrogens is 328 g/mol. The number of hydrogen-bond donors (Lipinski definition) is 1. The summed E-state index contributed by atoms with van der Waals surface area (Å²) >= 11 is 0. The monoisotopic (exact) mass is 354 g/mol. The highest BCUT2D eigenvalue weighted by Crippen LogP contribution is 2.32. The Morgan fingerprint density at radius 3 is 2.96 bits per heavy atom. The van der Waals surface area contributed by atoms with Crippen LogP contribution < -0.4 is 14.8 Å². The van der Waals surface area contributed by atoms with Crippen molar-refractivity contribution in [2.75, 3.05) is 27.3 Å². The van der Waals surface area contributed by atoms with E-state index in [9.17, 15) is 0 Å². The van der Waals surface area contributed by atoms with Crippen LogP contribution in [0.5, 0.6) is 11.5 Å². The molecule has 0 unspecified atom stereocenters. The number of methoxy groups -OCH3 is 2. The summed E-state index contributed by atoms with van der Waals surface area (Å²) in [6.45, 7) is 3.75. The van der Waals surface area contributed by atoms with E-state index in [1.807, 2.05) is 18.3 Å². The molecule has 0 saturated carbocycles. The van der Waals surface area contributed by atoms with Gasteiger partial charge < -0.3 is 14.8 Å². The van der Waals surface area contributed by atoms with Crippen LogP contribution in [0, 0.1) is 0 Å². The third-order valence-corrected chi connectivity index (χ3v) is 5.28. The number of ether oxygens (including phenoxy) is 2. The largest absolute Gasteiger partial charge is 0.493 e. The lowest BCUT2D eigenvalue weighted by molar-refractivity contribution is 0.237. The molecule has 1 N–H and O–H groups in total. The molecule has 1 atom stereocenters. The van der Waals surface area contributed by atoms with Gasteiger partial charge in [-0.25, -0.2) is 9.97 Å². The predicted octanol–water partition coefficient (Wildman–Crippen LogP) is 2.48. The standard InChI is InChI=1S/C20H26N4O2/c1-25-18-7-3-5-14(19(18)26-2)12-24-10-8-16-15(13-24)11-22-20(23-16)17-6-4-9-21-17/h3,5,7,11,17,21H,4,6,8-10,12-13H2,1-2H3/t17-/m0/s1. The summed E-state index contributed by atoms with van der Waals surface area (Å²) in [5.74, 6) is 2.56. The minimum atomic E-state index is 0.333. The van der Waals surface area contributed by atoms with Gasteiger partial charge in [0.1, 0.15) is 5.82 Å². The van der Waals surface area contributed by atoms with Crippen LogP contribution in [-0.2, 0) is 19.5 Å². The van der Waals surface area contributed by atoms with Crippen molar-refractivity contribution < 1.29 is 9.47 Å². The molecule has 4 rings (SSSR count). The first-order chi connectivity index (χ1) is 12.8. The van der Waals surface area contributed by atoms with E-state index in [2.05, 4.69) is 21.3 Å². The maximum Gasteiger partial charge on any atom is 0.165 e. The van der Waals surface area contributed by atoms with Crippen LogP contribution in [0.15, 0.2) is 24.4 Å². The van der Waals surface area contributed by atoms with E-state index in [4.69, 9.17) is 14.5 Å². The number of benzene rings is 1. The number of hydrogen-bond acceptors (Lipinski definition) is 6. The lowest BCUT2D eigenvalue weighted by Crippen LogP contribution is -2.31. The third-order valence-electron chi connectivity index (χ3n) is 5.28. The summed E-state index contributed by atoms with van der Waals surface area (Å²) in [6, 6.07) is 6.38. The molecule has 1 fully saturated rings. The van der Waals surface area contributed by atoms with Crippen LogP contribution in [0.1, 0.15) is 41.5 Å². The van der Waals surface area contributed by atoms with E-state index in [0.717, 1.165) is 61.9 Å². The first kappa shape index (κ1) is 17.2. The molecule has 2 aliphatic rings. The van der Waals surface area contributed by atoms with E-state index in [1.54, 1.807) is 14.2 Å². The van der Waals surface area contributed by atoms with E-state index < -0.39 is 0 Å². The minimum Gasteiger partial charge on any atom is -0.493 e. The van der Waals surface area contributed by atoms with Crippen molar-refractivity contribution in [2.24, 2.45) is 0 Å². The first-order valence-electron chi connectivity index (χ1n) is 9.28. The molecular formula is C20H26N4O2. The molecule has 2 aromatic rings. The fraction of sp³-hybridized carbons (Fsp3) is 0.500. The fourth-order valence-electron chi connectivity index (χ4n) is 3.92. The SMILES string of the molecule is COc1cccc(CN2CCc3nc([C@@H]4CCCN4)ncc3C2)c1OC. The molecule has 0 bridgehead atoms. The lowest BCUT2D eigenvalue weighted by atomic mass is 10.1. The second-order valence-electron chi connectivity index (χ2n) is 6.96. The molecule has 0 aliphatic carbocycles. The maximum absolute atomic E-state index is 5.57. The van der Waals surface area contributed by atoms with Crippen LogP contribution in [-0.4, -0.2) is 42.2 Å². The van der Waals surface area contributed by atoms with Crippen LogP contribution in [0.4, 0.5) is 0 Å². The molecule has 0 radical (unpaired) electrons. The van der Waals surface area contributed by atoms with Gasteiger partial charge in [-0.15, -0.1) is 0 Å². The van der Waals surface area contributed by atoms with Gasteiger partial charge >= 0.3 is 0 Å². The van der Waals surface area contributed by atoms with Gasteiger partial charge in [-0.05, 0) is 25.5 Å². The van der Waals surface area contributed by atoms with Crippen LogP contribution in [0.2, 0.25) is 0 Å². The quantitative estimate of drug-likeness (QED) is 0.890. The first-order valence-corrected chi connectivity index (χ1v) is 9.28. The van der Waals surface area contributed by atoms with Crippen molar-refractivity contribution >= 4 is 0 Å². The van der Waals surface area contributed by atoms with Crippen molar-refractivity contribution in [3.05, 3.63) is 47.0 Å². The number of aromatic nitrogens is 2. The normalized spacial score (nSPS) is 20.0. The number of para-hydroxylation sites is 1. The van der Waals surface area contributed by atoms with Gasteiger partial charge in [-0.3, -0.25) is 4.90 Å². The van der Waals surface area contributed by atoms with Crippen molar-refractivity contribution in [3.8, 4) is 11.5 Å². The molecule has 1 aromatic heterocycles. The maximum atomic E-state index is 5.57. The van der Waals surface area contributed by atoms with E-state index in [0.29, 0.717) is 6.04 Å². The summed E-state index contributed by atoms with van der Waals surface area (Å²) in [5, 5.41) is 3.48. The van der Waals surface area contributed by atoms with Crippen molar-refractivity contribution in [2.45, 2.75) is 38.4 Å². The molecule has 0 spiro atoms. The van der Waals surface area contributed by atoms with Crippen LogP contribution in [0.25, 0.3) is 0 Å².